The molecule has 0 atom stereocenters. The second kappa shape index (κ2) is 15.0. The van der Waals surface area contributed by atoms with E-state index in [2.05, 4.69) is 19.9 Å². The van der Waals surface area contributed by atoms with Gasteiger partial charge in [0.05, 0.1) is 19.6 Å². The first-order valence-electron chi connectivity index (χ1n) is 9.31. The van der Waals surface area contributed by atoms with Crippen molar-refractivity contribution in [3.8, 4) is 0 Å². The number of likely N-dealkylation sites (tertiary alicyclic amines) is 1. The number of ether oxygens (including phenoxy) is 2. The van der Waals surface area contributed by atoms with Crippen LogP contribution in [0.25, 0.3) is 0 Å². The summed E-state index contributed by atoms with van der Waals surface area (Å²) in [7, 11) is 3.21. The number of guanidine groups is 1. The van der Waals surface area contributed by atoms with Gasteiger partial charge < -0.3 is 19.7 Å². The van der Waals surface area contributed by atoms with Gasteiger partial charge in [0.2, 0.25) is 0 Å². The van der Waals surface area contributed by atoms with Crippen molar-refractivity contribution in [2.45, 2.75) is 51.9 Å². The van der Waals surface area contributed by atoms with E-state index in [9.17, 15) is 9.59 Å². The van der Waals surface area contributed by atoms with Crippen LogP contribution in [0.2, 0.25) is 0 Å². The Morgan fingerprint density at radius 2 is 1.81 bits per heavy atom. The smallest absolute Gasteiger partial charge is 0.309 e. The molecule has 8 heteroatoms. The summed E-state index contributed by atoms with van der Waals surface area (Å²) in [4.78, 5) is 29.3. The van der Waals surface area contributed by atoms with Gasteiger partial charge in [-0.25, -0.2) is 0 Å². The maximum absolute atomic E-state index is 11.8. The molecule has 7 nitrogen and oxygen atoms in total. The molecule has 0 aromatic carbocycles. The molecule has 1 fully saturated rings. The second-order valence-electron chi connectivity index (χ2n) is 6.23. The molecule has 0 aromatic heterocycles. The number of esters is 2. The van der Waals surface area contributed by atoms with E-state index >= 15 is 0 Å². The molecule has 1 heterocycles. The van der Waals surface area contributed by atoms with Crippen LogP contribution in [-0.4, -0.2) is 63.2 Å². The molecule has 152 valence electrons. The average Bonchev–Trinajstić information content (AvgIpc) is 2.64. The third-order valence-corrected chi connectivity index (χ3v) is 4.44. The van der Waals surface area contributed by atoms with Crippen LogP contribution < -0.4 is 5.32 Å². The maximum Gasteiger partial charge on any atom is 0.309 e. The van der Waals surface area contributed by atoms with Gasteiger partial charge in [-0.1, -0.05) is 12.8 Å². The number of rotatable bonds is 9. The largest absolute Gasteiger partial charge is 0.469 e. The molecule has 0 aromatic rings. The van der Waals surface area contributed by atoms with Gasteiger partial charge >= 0.3 is 11.9 Å². The van der Waals surface area contributed by atoms with Crippen molar-refractivity contribution in [3.63, 3.8) is 0 Å². The van der Waals surface area contributed by atoms with E-state index in [4.69, 9.17) is 4.74 Å². The summed E-state index contributed by atoms with van der Waals surface area (Å²) >= 11 is 0. The van der Waals surface area contributed by atoms with E-state index in [-0.39, 0.29) is 41.8 Å². The van der Waals surface area contributed by atoms with Crippen LogP contribution in [0.1, 0.15) is 51.9 Å². The van der Waals surface area contributed by atoms with Crippen molar-refractivity contribution < 1.29 is 19.1 Å². The Morgan fingerprint density at radius 3 is 2.38 bits per heavy atom. The Hall–Kier alpha value is -1.06. The molecule has 0 saturated carbocycles. The molecule has 1 rings (SSSR count). The highest BCUT2D eigenvalue weighted by atomic mass is 127. The van der Waals surface area contributed by atoms with Crippen LogP contribution in [0.15, 0.2) is 4.99 Å². The molecule has 1 N–H and O–H groups in total. The topological polar surface area (TPSA) is 80.2 Å². The minimum atomic E-state index is -0.134. The summed E-state index contributed by atoms with van der Waals surface area (Å²) in [6.07, 6.45) is 6.15. The predicted molar refractivity (Wildman–Crippen MR) is 113 cm³/mol. The average molecular weight is 483 g/mol. The van der Waals surface area contributed by atoms with E-state index in [1.54, 1.807) is 7.05 Å². The van der Waals surface area contributed by atoms with Crippen LogP contribution >= 0.6 is 24.0 Å². The van der Waals surface area contributed by atoms with Gasteiger partial charge in [-0.2, -0.15) is 0 Å². The monoisotopic (exact) mass is 483 g/mol. The highest BCUT2D eigenvalue weighted by molar-refractivity contribution is 14.0. The van der Waals surface area contributed by atoms with Crippen LogP contribution in [0.4, 0.5) is 0 Å². The first kappa shape index (κ1) is 24.9. The number of hydrogen-bond donors (Lipinski definition) is 1. The van der Waals surface area contributed by atoms with E-state index in [0.29, 0.717) is 13.0 Å². The zero-order valence-corrected chi connectivity index (χ0v) is 18.6. The Labute approximate surface area is 174 Å². The van der Waals surface area contributed by atoms with E-state index in [0.717, 1.165) is 64.1 Å². The third-order valence-electron chi connectivity index (χ3n) is 4.44. The maximum atomic E-state index is 11.8. The number of carbonyl (C=O) groups excluding carboxylic acids is 2. The Kier molecular flexibility index (Phi) is 14.4. The van der Waals surface area contributed by atoms with Crippen molar-refractivity contribution in [1.82, 2.24) is 10.2 Å². The highest BCUT2D eigenvalue weighted by Gasteiger charge is 2.27. The molecule has 26 heavy (non-hydrogen) atoms. The second-order valence-corrected chi connectivity index (χ2v) is 6.23. The van der Waals surface area contributed by atoms with Gasteiger partial charge in [0.15, 0.2) is 5.96 Å². The lowest BCUT2D eigenvalue weighted by Gasteiger charge is -2.33. The number of unbranched alkanes of at least 4 members (excludes halogenated alkanes) is 3. The van der Waals surface area contributed by atoms with E-state index < -0.39 is 0 Å². The lowest BCUT2D eigenvalue weighted by molar-refractivity contribution is -0.149. The molecule has 0 amide bonds. The normalized spacial score (nSPS) is 15.2. The number of methoxy groups -OCH3 is 1. The summed E-state index contributed by atoms with van der Waals surface area (Å²) in [6.45, 7) is 4.80. The van der Waals surface area contributed by atoms with Crippen molar-refractivity contribution in [3.05, 3.63) is 0 Å². The van der Waals surface area contributed by atoms with Gasteiger partial charge in [0, 0.05) is 33.1 Å². The summed E-state index contributed by atoms with van der Waals surface area (Å²) in [5, 5.41) is 3.39. The molecule has 0 bridgehead atoms. The molecule has 0 radical (unpaired) electrons. The van der Waals surface area contributed by atoms with Gasteiger partial charge in [-0.05, 0) is 32.6 Å². The number of aliphatic imine (C=N–C) groups is 1. The first-order chi connectivity index (χ1) is 12.1. The van der Waals surface area contributed by atoms with Crippen LogP contribution in [0.3, 0.4) is 0 Å². The zero-order chi connectivity index (χ0) is 18.5. The number of hydrogen-bond acceptors (Lipinski definition) is 5. The summed E-state index contributed by atoms with van der Waals surface area (Å²) in [5.41, 5.74) is 0. The fraction of sp³-hybridized carbons (Fsp3) is 0.833. The number of piperidine rings is 1. The summed E-state index contributed by atoms with van der Waals surface area (Å²) < 4.78 is 9.73. The fourth-order valence-electron chi connectivity index (χ4n) is 2.97. The van der Waals surface area contributed by atoms with Gasteiger partial charge in [0.1, 0.15) is 0 Å². The Morgan fingerprint density at radius 1 is 1.15 bits per heavy atom. The molecule has 1 saturated heterocycles. The number of nitrogens with one attached hydrogen (secondary N) is 1. The summed E-state index contributed by atoms with van der Waals surface area (Å²) in [6, 6.07) is 0. The zero-order valence-electron chi connectivity index (χ0n) is 16.3. The molecular formula is C18H34IN3O4. The van der Waals surface area contributed by atoms with Crippen LogP contribution in [0, 0.1) is 5.92 Å². The van der Waals surface area contributed by atoms with Crippen molar-refractivity contribution >= 4 is 41.9 Å². The SMILES string of the molecule is CCOC(=O)C1CCN(C(=NC)NCCCCCCC(=O)OC)CC1.I. The number of halogens is 1. The molecule has 1 aliphatic rings. The lowest BCUT2D eigenvalue weighted by atomic mass is 9.97. The lowest BCUT2D eigenvalue weighted by Crippen LogP contribution is -2.46. The minimum Gasteiger partial charge on any atom is -0.469 e. The molecule has 0 spiro atoms. The van der Waals surface area contributed by atoms with Gasteiger partial charge in [-0.15, -0.1) is 24.0 Å². The molecule has 0 aliphatic carbocycles. The van der Waals surface area contributed by atoms with Gasteiger partial charge in [-0.3, -0.25) is 14.6 Å². The number of nitrogens with zero attached hydrogens (tertiary/aromatic N) is 2. The van der Waals surface area contributed by atoms with E-state index in [1.807, 2.05) is 6.92 Å². The van der Waals surface area contributed by atoms with Crippen LogP contribution in [-0.2, 0) is 19.1 Å². The third kappa shape index (κ3) is 9.59. The van der Waals surface area contributed by atoms with Crippen molar-refractivity contribution in [2.75, 3.05) is 40.4 Å². The molecular weight excluding hydrogens is 449 g/mol. The minimum absolute atomic E-state index is 0. The molecule has 1 aliphatic heterocycles. The van der Waals surface area contributed by atoms with E-state index in [1.165, 1.54) is 7.11 Å². The molecule has 0 unspecified atom stereocenters. The highest BCUT2D eigenvalue weighted by Crippen LogP contribution is 2.18. The quantitative estimate of drug-likeness (QED) is 0.179. The number of carbonyl (C=O) groups is 2. The Bertz CT molecular complexity index is 438. The standard InChI is InChI=1S/C18H33N3O4.HI/c1-4-25-17(23)15-10-13-21(14-11-15)18(19-2)20-12-8-6-5-7-9-16(22)24-3;/h15H,4-14H2,1-3H3,(H,19,20);1H. The predicted octanol–water partition coefficient (Wildman–Crippen LogP) is 2.58. The van der Waals surface area contributed by atoms with Crippen molar-refractivity contribution in [1.29, 1.82) is 0 Å². The first-order valence-corrected chi connectivity index (χ1v) is 9.31. The summed E-state index contributed by atoms with van der Waals surface area (Å²) in [5.74, 6) is 0.711. The fourth-order valence-corrected chi connectivity index (χ4v) is 2.97. The van der Waals surface area contributed by atoms with Gasteiger partial charge in [0.25, 0.3) is 0 Å². The van der Waals surface area contributed by atoms with Crippen LogP contribution in [0.5, 0.6) is 0 Å². The van der Waals surface area contributed by atoms with Crippen molar-refractivity contribution in [2.24, 2.45) is 10.9 Å². The Balaban J connectivity index is 0.00000625.